The summed E-state index contributed by atoms with van der Waals surface area (Å²) in [6.45, 7) is 1.42. The van der Waals surface area contributed by atoms with Gasteiger partial charge in [-0.15, -0.1) is 11.6 Å². The first-order valence-electron chi connectivity index (χ1n) is 16.3. The number of unbranched alkanes of at least 4 members (excludes halogenated alkanes) is 3. The molecule has 1 aromatic rings. The molecule has 1 rings (SSSR count). The van der Waals surface area contributed by atoms with E-state index >= 15 is 0 Å². The van der Waals surface area contributed by atoms with Crippen molar-refractivity contribution < 1.29 is 37.5 Å². The monoisotopic (exact) mass is 730 g/mol. The van der Waals surface area contributed by atoms with Gasteiger partial charge in [0.1, 0.15) is 6.04 Å². The molecule has 0 saturated heterocycles. The van der Waals surface area contributed by atoms with E-state index in [1.807, 2.05) is 7.05 Å². The molecular weight excluding hydrogens is 680 g/mol. The van der Waals surface area contributed by atoms with Crippen molar-refractivity contribution >= 4 is 62.7 Å². The number of hydrogen-bond donors (Lipinski definition) is 8. The number of carboxylic acids is 1. The molecule has 0 aromatic heterocycles. The van der Waals surface area contributed by atoms with Crippen molar-refractivity contribution in [1.82, 2.24) is 20.7 Å². The number of rotatable bonds is 27. The molecule has 3 amide bonds. The van der Waals surface area contributed by atoms with Gasteiger partial charge >= 0.3 is 5.97 Å². The highest BCUT2D eigenvalue weighted by atomic mass is 35.5. The number of aliphatic imine (C=N–C) groups is 1. The summed E-state index contributed by atoms with van der Waals surface area (Å²) in [6.07, 6.45) is 4.97. The molecule has 276 valence electrons. The van der Waals surface area contributed by atoms with Gasteiger partial charge in [-0.05, 0) is 89.2 Å². The van der Waals surface area contributed by atoms with Crippen LogP contribution in [0.4, 0.5) is 5.69 Å². The minimum atomic E-state index is -4.08. The Bertz CT molecular complexity index is 1340. The Morgan fingerprint density at radius 3 is 2.08 bits per heavy atom. The van der Waals surface area contributed by atoms with Crippen molar-refractivity contribution in [3.63, 3.8) is 0 Å². The summed E-state index contributed by atoms with van der Waals surface area (Å²) < 4.78 is 28.1. The van der Waals surface area contributed by atoms with Crippen LogP contribution in [0.15, 0.2) is 34.2 Å². The molecule has 0 aliphatic carbocycles. The Morgan fingerprint density at radius 1 is 0.816 bits per heavy atom. The summed E-state index contributed by atoms with van der Waals surface area (Å²) in [4.78, 5) is 64.0. The van der Waals surface area contributed by atoms with Crippen molar-refractivity contribution in [1.29, 1.82) is 0 Å². The van der Waals surface area contributed by atoms with E-state index in [9.17, 15) is 37.5 Å². The molecule has 0 heterocycles. The minimum absolute atomic E-state index is 0.0482. The van der Waals surface area contributed by atoms with Crippen LogP contribution in [0.3, 0.4) is 0 Å². The fourth-order valence-corrected chi connectivity index (χ4v) is 6.01. The number of carboxylic acid groups (broad SMARTS) is 1. The van der Waals surface area contributed by atoms with E-state index in [-0.39, 0.29) is 79.5 Å². The molecule has 0 fully saturated rings. The molecule has 0 spiro atoms. The lowest BCUT2D eigenvalue weighted by atomic mass is 10.1. The van der Waals surface area contributed by atoms with Gasteiger partial charge in [-0.3, -0.25) is 24.2 Å². The largest absolute Gasteiger partial charge is 0.480 e. The summed E-state index contributed by atoms with van der Waals surface area (Å²) in [5.74, 6) is -2.99. The molecule has 16 nitrogen and oxygen atoms in total. The van der Waals surface area contributed by atoms with E-state index in [0.717, 1.165) is 19.4 Å². The number of guanidine groups is 1. The highest BCUT2D eigenvalue weighted by Gasteiger charge is 2.25. The van der Waals surface area contributed by atoms with E-state index in [1.165, 1.54) is 24.3 Å². The molecule has 0 aliphatic heterocycles. The molecular formula is C31H51ClN8O8S. The van der Waals surface area contributed by atoms with E-state index in [1.54, 1.807) is 0 Å². The molecule has 0 bridgehead atoms. The molecule has 10 N–H and O–H groups in total. The first-order valence-corrected chi connectivity index (χ1v) is 18.3. The van der Waals surface area contributed by atoms with Crippen molar-refractivity contribution in [2.24, 2.45) is 16.5 Å². The SMILES string of the molecule is CNCCCCCC(=O)NC(CCCCNC(=O)CCCC(=O)Nc1ccc(S(=O)(=O)N[C@@H](CCCN=C(N)N)C(=O)CCl)cc1)C(=O)O. The van der Waals surface area contributed by atoms with Crippen LogP contribution in [0.5, 0.6) is 0 Å². The van der Waals surface area contributed by atoms with Crippen LogP contribution in [-0.4, -0.2) is 93.6 Å². The van der Waals surface area contributed by atoms with Crippen LogP contribution in [0.25, 0.3) is 0 Å². The number of carbonyl (C=O) groups is 5. The average Bonchev–Trinajstić information content (AvgIpc) is 3.04. The molecule has 49 heavy (non-hydrogen) atoms. The van der Waals surface area contributed by atoms with Gasteiger partial charge in [-0.2, -0.15) is 0 Å². The normalized spacial score (nSPS) is 12.4. The number of hydrogen-bond acceptors (Lipinski definition) is 9. The zero-order chi connectivity index (χ0) is 36.7. The topological polar surface area (TPSA) is 264 Å². The molecule has 2 atom stereocenters. The van der Waals surface area contributed by atoms with Gasteiger partial charge in [-0.1, -0.05) is 6.42 Å². The first-order chi connectivity index (χ1) is 23.3. The fourth-order valence-electron chi connectivity index (χ4n) is 4.57. The van der Waals surface area contributed by atoms with Crippen LogP contribution in [0, 0.1) is 0 Å². The minimum Gasteiger partial charge on any atom is -0.480 e. The first kappa shape index (κ1) is 43.2. The highest BCUT2D eigenvalue weighted by Crippen LogP contribution is 2.16. The number of amides is 3. The smallest absolute Gasteiger partial charge is 0.326 e. The average molecular weight is 731 g/mol. The second-order valence-corrected chi connectivity index (χ2v) is 13.3. The second-order valence-electron chi connectivity index (χ2n) is 11.4. The molecule has 1 unspecified atom stereocenters. The van der Waals surface area contributed by atoms with Gasteiger partial charge in [0.15, 0.2) is 11.7 Å². The number of anilines is 1. The number of benzene rings is 1. The predicted octanol–water partition coefficient (Wildman–Crippen LogP) is 0.940. The van der Waals surface area contributed by atoms with Crippen LogP contribution < -0.4 is 37.5 Å². The van der Waals surface area contributed by atoms with E-state index in [0.29, 0.717) is 37.9 Å². The van der Waals surface area contributed by atoms with Crippen molar-refractivity contribution in [3.8, 4) is 0 Å². The quantitative estimate of drug-likeness (QED) is 0.0273. The maximum Gasteiger partial charge on any atom is 0.326 e. The molecule has 1 aromatic carbocycles. The number of nitrogens with one attached hydrogen (secondary N) is 5. The summed E-state index contributed by atoms with van der Waals surface area (Å²) >= 11 is 5.65. The van der Waals surface area contributed by atoms with Gasteiger partial charge in [0.2, 0.25) is 27.7 Å². The molecule has 0 radical (unpaired) electrons. The van der Waals surface area contributed by atoms with Crippen molar-refractivity contribution in [3.05, 3.63) is 24.3 Å². The van der Waals surface area contributed by atoms with Crippen LogP contribution in [0.1, 0.15) is 77.0 Å². The Labute approximate surface area is 293 Å². The number of ketones is 1. The number of carbonyl (C=O) groups excluding carboxylic acids is 4. The predicted molar refractivity (Wildman–Crippen MR) is 187 cm³/mol. The highest BCUT2D eigenvalue weighted by molar-refractivity contribution is 7.89. The van der Waals surface area contributed by atoms with Crippen LogP contribution in [-0.2, 0) is 34.0 Å². The molecule has 18 heteroatoms. The van der Waals surface area contributed by atoms with Gasteiger partial charge in [-0.25, -0.2) is 17.9 Å². The number of nitrogens with two attached hydrogens (primary N) is 2. The number of Topliss-reactive ketones (excluding diaryl/α,β-unsaturated/α-hetero) is 1. The number of alkyl halides is 1. The fraction of sp³-hybridized carbons (Fsp3) is 0.613. The van der Waals surface area contributed by atoms with E-state index in [2.05, 4.69) is 31.0 Å². The van der Waals surface area contributed by atoms with Crippen LogP contribution in [0.2, 0.25) is 0 Å². The lowest BCUT2D eigenvalue weighted by Crippen LogP contribution is -2.41. The van der Waals surface area contributed by atoms with E-state index < -0.39 is 33.9 Å². The maximum absolute atomic E-state index is 12.9. The summed E-state index contributed by atoms with van der Waals surface area (Å²) in [5, 5.41) is 20.4. The Kier molecular flexibility index (Phi) is 21.5. The van der Waals surface area contributed by atoms with Gasteiger partial charge in [0.05, 0.1) is 16.8 Å². The zero-order valence-electron chi connectivity index (χ0n) is 28.0. The lowest BCUT2D eigenvalue weighted by molar-refractivity contribution is -0.142. The number of sulfonamides is 1. The summed E-state index contributed by atoms with van der Waals surface area (Å²) in [6, 6.07) is 3.34. The zero-order valence-corrected chi connectivity index (χ0v) is 29.5. The third-order valence-electron chi connectivity index (χ3n) is 7.22. The Morgan fingerprint density at radius 2 is 1.45 bits per heavy atom. The van der Waals surface area contributed by atoms with Crippen molar-refractivity contribution in [2.45, 2.75) is 94.0 Å². The van der Waals surface area contributed by atoms with E-state index in [4.69, 9.17) is 23.1 Å². The molecule has 0 aliphatic rings. The number of halogens is 1. The number of nitrogens with zero attached hydrogens (tertiary/aromatic N) is 1. The summed E-state index contributed by atoms with van der Waals surface area (Å²) in [5.41, 5.74) is 10.9. The Hall–Kier alpha value is -3.80. The lowest BCUT2D eigenvalue weighted by Gasteiger charge is -2.17. The second kappa shape index (κ2) is 24.4. The van der Waals surface area contributed by atoms with Crippen molar-refractivity contribution in [2.75, 3.05) is 37.9 Å². The van der Waals surface area contributed by atoms with Gasteiger partial charge in [0, 0.05) is 38.0 Å². The maximum atomic E-state index is 12.9. The summed E-state index contributed by atoms with van der Waals surface area (Å²) in [7, 11) is -2.23. The van der Waals surface area contributed by atoms with Gasteiger partial charge < -0.3 is 37.8 Å². The van der Waals surface area contributed by atoms with Gasteiger partial charge in [0.25, 0.3) is 0 Å². The third kappa shape index (κ3) is 19.7. The standard InChI is InChI=1S/C31H51ClN8O8S/c1-35-18-5-2-3-11-29(44)39-25(30(45)46)9-4-6-19-36-27(42)12-7-13-28(43)38-22-14-16-23(17-15-22)49(47,48)40-24(26(41)21-32)10-8-20-37-31(33)34/h14-17,24-25,35,40H,2-13,18-21H2,1H3,(H,36,42)(H,38,43)(H,39,44)(H,45,46)(H4,33,34,37)/t24-,25?/m0/s1. The van der Waals surface area contributed by atoms with Crippen LogP contribution >= 0.6 is 11.6 Å². The number of aliphatic carboxylic acids is 1. The molecule has 0 saturated carbocycles. The Balaban J connectivity index is 2.39. The third-order valence-corrected chi connectivity index (χ3v) is 8.98.